The minimum absolute atomic E-state index is 0.0641. The van der Waals surface area contributed by atoms with Gasteiger partial charge < -0.3 is 5.32 Å². The molecule has 0 spiro atoms. The maximum Gasteiger partial charge on any atom is 0.214 e. The standard InChI is InChI=1S/C13H28N2O2S/c1-4-10-15(12(2)3)18(16,17)11-8-13-7-5-6-9-14-13/h12-14H,4-11H2,1-3H3. The SMILES string of the molecule is CCCN(C(C)C)S(=O)(=O)CCC1CCCCN1. The van der Waals surface area contributed by atoms with Gasteiger partial charge in [0.2, 0.25) is 10.0 Å². The van der Waals surface area contributed by atoms with Crippen molar-refractivity contribution in [3.05, 3.63) is 0 Å². The highest BCUT2D eigenvalue weighted by Crippen LogP contribution is 2.14. The van der Waals surface area contributed by atoms with Crippen LogP contribution in [0.1, 0.15) is 52.9 Å². The van der Waals surface area contributed by atoms with E-state index in [0.29, 0.717) is 12.6 Å². The zero-order valence-corrected chi connectivity index (χ0v) is 12.8. The van der Waals surface area contributed by atoms with E-state index in [9.17, 15) is 8.42 Å². The van der Waals surface area contributed by atoms with Crippen molar-refractivity contribution in [2.75, 3.05) is 18.8 Å². The van der Waals surface area contributed by atoms with Crippen LogP contribution in [0.3, 0.4) is 0 Å². The summed E-state index contributed by atoms with van der Waals surface area (Å²) in [5.74, 6) is 0.281. The molecular weight excluding hydrogens is 248 g/mol. The normalized spacial score (nSPS) is 21.7. The Kier molecular flexibility index (Phi) is 6.60. The van der Waals surface area contributed by atoms with Gasteiger partial charge in [-0.2, -0.15) is 4.31 Å². The molecule has 108 valence electrons. The molecule has 0 radical (unpaired) electrons. The maximum absolute atomic E-state index is 12.3. The number of hydrogen-bond donors (Lipinski definition) is 1. The van der Waals surface area contributed by atoms with Crippen LogP contribution in [-0.2, 0) is 10.0 Å². The summed E-state index contributed by atoms with van der Waals surface area (Å²) in [7, 11) is -3.09. The Bertz CT molecular complexity index is 322. The molecule has 1 rings (SSSR count). The molecule has 1 saturated heterocycles. The van der Waals surface area contributed by atoms with Gasteiger partial charge in [0.15, 0.2) is 0 Å². The monoisotopic (exact) mass is 276 g/mol. The smallest absolute Gasteiger partial charge is 0.214 e. The van der Waals surface area contributed by atoms with Crippen LogP contribution < -0.4 is 5.32 Å². The van der Waals surface area contributed by atoms with E-state index >= 15 is 0 Å². The zero-order valence-electron chi connectivity index (χ0n) is 12.0. The summed E-state index contributed by atoms with van der Waals surface area (Å²) < 4.78 is 26.3. The summed E-state index contributed by atoms with van der Waals surface area (Å²) >= 11 is 0. The molecular formula is C13H28N2O2S. The molecule has 0 aromatic carbocycles. The fourth-order valence-corrected chi connectivity index (χ4v) is 4.44. The van der Waals surface area contributed by atoms with Crippen molar-refractivity contribution in [3.8, 4) is 0 Å². The van der Waals surface area contributed by atoms with Crippen LogP contribution in [0, 0.1) is 0 Å². The summed E-state index contributed by atoms with van der Waals surface area (Å²) in [6.45, 7) is 7.59. The van der Waals surface area contributed by atoms with Crippen molar-refractivity contribution in [3.63, 3.8) is 0 Å². The first kappa shape index (κ1) is 15.9. The van der Waals surface area contributed by atoms with E-state index in [1.54, 1.807) is 4.31 Å². The fourth-order valence-electron chi connectivity index (χ4n) is 2.52. The highest BCUT2D eigenvalue weighted by atomic mass is 32.2. The van der Waals surface area contributed by atoms with Crippen molar-refractivity contribution >= 4 is 10.0 Å². The Morgan fingerprint density at radius 1 is 1.33 bits per heavy atom. The molecule has 0 aromatic heterocycles. The number of nitrogens with zero attached hydrogens (tertiary/aromatic N) is 1. The number of hydrogen-bond acceptors (Lipinski definition) is 3. The lowest BCUT2D eigenvalue weighted by Gasteiger charge is -2.28. The highest BCUT2D eigenvalue weighted by Gasteiger charge is 2.25. The van der Waals surface area contributed by atoms with E-state index in [2.05, 4.69) is 5.32 Å². The van der Waals surface area contributed by atoms with Gasteiger partial charge >= 0.3 is 0 Å². The Hall–Kier alpha value is -0.130. The lowest BCUT2D eigenvalue weighted by molar-refractivity contribution is 0.347. The van der Waals surface area contributed by atoms with Gasteiger partial charge in [0.05, 0.1) is 5.75 Å². The Balaban J connectivity index is 2.50. The molecule has 1 unspecified atom stereocenters. The maximum atomic E-state index is 12.3. The van der Waals surface area contributed by atoms with Crippen LogP contribution in [0.4, 0.5) is 0 Å². The molecule has 0 aromatic rings. The first-order chi connectivity index (χ1) is 8.47. The van der Waals surface area contributed by atoms with E-state index in [1.165, 1.54) is 12.8 Å². The van der Waals surface area contributed by atoms with Gasteiger partial charge in [-0.1, -0.05) is 13.3 Å². The van der Waals surface area contributed by atoms with Gasteiger partial charge in [-0.15, -0.1) is 0 Å². The first-order valence-electron chi connectivity index (χ1n) is 7.20. The predicted octanol–water partition coefficient (Wildman–Crippen LogP) is 1.97. The summed E-state index contributed by atoms with van der Waals surface area (Å²) in [4.78, 5) is 0. The first-order valence-corrected chi connectivity index (χ1v) is 8.81. The van der Waals surface area contributed by atoms with Crippen LogP contribution in [0.2, 0.25) is 0 Å². The third-order valence-corrected chi connectivity index (χ3v) is 5.58. The lowest BCUT2D eigenvalue weighted by Crippen LogP contribution is -2.41. The molecule has 1 aliphatic heterocycles. The van der Waals surface area contributed by atoms with Gasteiger partial charge in [-0.3, -0.25) is 0 Å². The molecule has 1 heterocycles. The lowest BCUT2D eigenvalue weighted by atomic mass is 10.0. The van der Waals surface area contributed by atoms with Crippen LogP contribution in [-0.4, -0.2) is 43.6 Å². The van der Waals surface area contributed by atoms with Crippen molar-refractivity contribution < 1.29 is 8.42 Å². The zero-order chi connectivity index (χ0) is 13.6. The fraction of sp³-hybridized carbons (Fsp3) is 1.00. The number of rotatable bonds is 7. The molecule has 1 fully saturated rings. The summed E-state index contributed by atoms with van der Waals surface area (Å²) in [5.41, 5.74) is 0. The second-order valence-corrected chi connectivity index (χ2v) is 7.50. The van der Waals surface area contributed by atoms with Gasteiger partial charge in [0.1, 0.15) is 0 Å². The summed E-state index contributed by atoms with van der Waals surface area (Å²) in [6.07, 6.45) is 5.18. The van der Waals surface area contributed by atoms with Crippen molar-refractivity contribution in [2.45, 2.75) is 65.0 Å². The molecule has 0 saturated carbocycles. The number of sulfonamides is 1. The van der Waals surface area contributed by atoms with E-state index in [4.69, 9.17) is 0 Å². The molecule has 5 heteroatoms. The molecule has 0 bridgehead atoms. The predicted molar refractivity (Wildman–Crippen MR) is 76.2 cm³/mol. The van der Waals surface area contributed by atoms with Crippen LogP contribution >= 0.6 is 0 Å². The van der Waals surface area contributed by atoms with Crippen LogP contribution in [0.25, 0.3) is 0 Å². The molecule has 1 atom stereocenters. The Morgan fingerprint density at radius 3 is 2.56 bits per heavy atom. The van der Waals surface area contributed by atoms with Crippen molar-refractivity contribution in [1.82, 2.24) is 9.62 Å². The van der Waals surface area contributed by atoms with Crippen molar-refractivity contribution in [2.24, 2.45) is 0 Å². The van der Waals surface area contributed by atoms with E-state index < -0.39 is 10.0 Å². The van der Waals surface area contributed by atoms with Gasteiger partial charge in [-0.25, -0.2) is 8.42 Å². The number of nitrogens with one attached hydrogen (secondary N) is 1. The topological polar surface area (TPSA) is 49.4 Å². The second-order valence-electron chi connectivity index (χ2n) is 5.46. The Morgan fingerprint density at radius 2 is 2.06 bits per heavy atom. The van der Waals surface area contributed by atoms with E-state index in [1.807, 2.05) is 20.8 Å². The quantitative estimate of drug-likeness (QED) is 0.773. The average Bonchev–Trinajstić information content (AvgIpc) is 2.34. The number of piperidine rings is 1. The highest BCUT2D eigenvalue weighted by molar-refractivity contribution is 7.89. The summed E-state index contributed by atoms with van der Waals surface area (Å²) in [6, 6.07) is 0.457. The van der Waals surface area contributed by atoms with Crippen LogP contribution in [0.5, 0.6) is 0 Å². The average molecular weight is 276 g/mol. The molecule has 1 aliphatic rings. The minimum Gasteiger partial charge on any atom is -0.314 e. The molecule has 4 nitrogen and oxygen atoms in total. The van der Waals surface area contributed by atoms with E-state index in [0.717, 1.165) is 25.8 Å². The second kappa shape index (κ2) is 7.46. The Labute approximate surface area is 112 Å². The van der Waals surface area contributed by atoms with E-state index in [-0.39, 0.29) is 11.8 Å². The molecule has 18 heavy (non-hydrogen) atoms. The third kappa shape index (κ3) is 4.86. The van der Waals surface area contributed by atoms with Gasteiger partial charge in [-0.05, 0) is 46.1 Å². The van der Waals surface area contributed by atoms with Gasteiger partial charge in [0, 0.05) is 18.6 Å². The van der Waals surface area contributed by atoms with Gasteiger partial charge in [0.25, 0.3) is 0 Å². The molecule has 0 amide bonds. The summed E-state index contributed by atoms with van der Waals surface area (Å²) in [5, 5.41) is 3.41. The van der Waals surface area contributed by atoms with Crippen molar-refractivity contribution in [1.29, 1.82) is 0 Å². The third-order valence-electron chi connectivity index (χ3n) is 3.51. The minimum atomic E-state index is -3.09. The van der Waals surface area contributed by atoms with Crippen LogP contribution in [0.15, 0.2) is 0 Å². The molecule has 1 N–H and O–H groups in total. The largest absolute Gasteiger partial charge is 0.314 e. The molecule has 0 aliphatic carbocycles.